The second kappa shape index (κ2) is 12.8. The van der Waals surface area contributed by atoms with Gasteiger partial charge in [0.15, 0.2) is 0 Å². The molecule has 164 valence electrons. The van der Waals surface area contributed by atoms with Crippen molar-refractivity contribution in [2.45, 2.75) is 23.6 Å². The number of hydrogen-bond acceptors (Lipinski definition) is 8. The predicted octanol–water partition coefficient (Wildman–Crippen LogP) is 2.71. The molecule has 0 aliphatic rings. The molecule has 0 aliphatic carbocycles. The third-order valence-corrected chi connectivity index (χ3v) is 4.82. The summed E-state index contributed by atoms with van der Waals surface area (Å²) in [5.74, 6) is 0.685. The number of ether oxygens (including phenoxy) is 2. The Morgan fingerprint density at radius 3 is 1.35 bits per heavy atom. The van der Waals surface area contributed by atoms with Crippen LogP contribution >= 0.6 is 0 Å². The molecule has 0 unspecified atom stereocenters. The normalized spacial score (nSPS) is 10.7. The molecule has 2 aromatic carbocycles. The zero-order valence-corrected chi connectivity index (χ0v) is 20.3. The number of benzene rings is 2. The quantitative estimate of drug-likeness (QED) is 0.321. The molecule has 0 saturated carbocycles. The van der Waals surface area contributed by atoms with Gasteiger partial charge in [0.05, 0.1) is 9.79 Å². The van der Waals surface area contributed by atoms with Crippen LogP contribution in [0.2, 0.25) is 0 Å². The minimum absolute atomic E-state index is 0. The van der Waals surface area contributed by atoms with Gasteiger partial charge in [-0.3, -0.25) is 0 Å². The third-order valence-electron chi connectivity index (χ3n) is 3.16. The van der Waals surface area contributed by atoms with Crippen LogP contribution in [0, 0.1) is 0 Å². The first-order chi connectivity index (χ1) is 13.8. The molecule has 0 bridgehead atoms. The Balaban J connectivity index is 0.000000562. The zero-order chi connectivity index (χ0) is 22.9. The van der Waals surface area contributed by atoms with Gasteiger partial charge in [-0.05, 0) is 61.4 Å². The summed E-state index contributed by atoms with van der Waals surface area (Å²) >= 11 is 0. The molecule has 0 heterocycles. The van der Waals surface area contributed by atoms with Gasteiger partial charge in [-0.1, -0.05) is 25.3 Å². The number of hydrogen-bond donors (Lipinski definition) is 0. The molecule has 2 rings (SSSR count). The fraction of sp³-hybridized carbons (Fsp3) is 0.200. The molecule has 0 aromatic heterocycles. The van der Waals surface area contributed by atoms with Crippen molar-refractivity contribution < 1.29 is 35.4 Å². The summed E-state index contributed by atoms with van der Waals surface area (Å²) in [7, 11) is -8.83. The van der Waals surface area contributed by atoms with Crippen molar-refractivity contribution in [3.63, 3.8) is 0 Å². The third kappa shape index (κ3) is 11.9. The van der Waals surface area contributed by atoms with Crippen LogP contribution in [0.1, 0.15) is 13.8 Å². The van der Waals surface area contributed by atoms with Crippen LogP contribution in [0.25, 0.3) is 0 Å². The molecule has 0 aliphatic heterocycles. The van der Waals surface area contributed by atoms with E-state index >= 15 is 0 Å². The van der Waals surface area contributed by atoms with E-state index < -0.39 is 20.2 Å². The van der Waals surface area contributed by atoms with E-state index in [0.717, 1.165) is 11.1 Å². The van der Waals surface area contributed by atoms with Gasteiger partial charge in [0.2, 0.25) is 0 Å². The predicted molar refractivity (Wildman–Crippen MR) is 115 cm³/mol. The minimum Gasteiger partial charge on any atom is -0.744 e. The van der Waals surface area contributed by atoms with E-state index in [0.29, 0.717) is 24.7 Å². The van der Waals surface area contributed by atoms with Gasteiger partial charge >= 0.3 is 23.1 Å². The van der Waals surface area contributed by atoms with Crippen molar-refractivity contribution in [1.82, 2.24) is 0 Å². The monoisotopic (exact) mass is 478 g/mol. The van der Waals surface area contributed by atoms with Crippen molar-refractivity contribution in [2.24, 2.45) is 0 Å². The maximum atomic E-state index is 10.7. The fourth-order valence-corrected chi connectivity index (χ4v) is 2.86. The van der Waals surface area contributed by atoms with E-state index in [1.54, 1.807) is 26.0 Å². The van der Waals surface area contributed by atoms with Crippen LogP contribution in [-0.2, 0) is 20.2 Å². The van der Waals surface area contributed by atoms with E-state index in [9.17, 15) is 25.9 Å². The Bertz CT molecular complexity index is 1020. The molecule has 0 saturated heterocycles. The van der Waals surface area contributed by atoms with Gasteiger partial charge in [0.25, 0.3) is 0 Å². The van der Waals surface area contributed by atoms with Crippen molar-refractivity contribution in [3.8, 4) is 11.5 Å². The van der Waals surface area contributed by atoms with Crippen molar-refractivity contribution >= 4 is 43.3 Å². The minimum atomic E-state index is -4.42. The maximum Gasteiger partial charge on any atom is 2.00 e. The van der Waals surface area contributed by atoms with Crippen molar-refractivity contribution in [2.75, 3.05) is 13.2 Å². The Labute approximate surface area is 199 Å². The van der Waals surface area contributed by atoms with E-state index in [1.807, 2.05) is 0 Å². The molecule has 0 fully saturated rings. The summed E-state index contributed by atoms with van der Waals surface area (Å²) in [6.07, 6.45) is 0. The first kappa shape index (κ1) is 29.1. The van der Waals surface area contributed by atoms with E-state index in [4.69, 9.17) is 9.47 Å². The summed E-state index contributed by atoms with van der Waals surface area (Å²) in [6, 6.07) is 10.9. The fourth-order valence-electron chi connectivity index (χ4n) is 1.85. The van der Waals surface area contributed by atoms with Gasteiger partial charge in [0, 0.05) is 0 Å². The average Bonchev–Trinajstić information content (AvgIpc) is 2.64. The first-order valence-electron chi connectivity index (χ1n) is 8.45. The van der Waals surface area contributed by atoms with Crippen LogP contribution in [0.4, 0.5) is 0 Å². The topological polar surface area (TPSA) is 133 Å². The van der Waals surface area contributed by atoms with Crippen LogP contribution < -0.4 is 9.47 Å². The Morgan fingerprint density at radius 1 is 0.774 bits per heavy atom. The molecule has 0 radical (unpaired) electrons. The van der Waals surface area contributed by atoms with Crippen LogP contribution in [-0.4, -0.2) is 62.2 Å². The number of rotatable bonds is 8. The summed E-state index contributed by atoms with van der Waals surface area (Å²) < 4.78 is 74.6. The maximum absolute atomic E-state index is 10.7. The van der Waals surface area contributed by atoms with Crippen LogP contribution in [0.3, 0.4) is 0 Å². The molecule has 31 heavy (non-hydrogen) atoms. The van der Waals surface area contributed by atoms with Gasteiger partial charge < -0.3 is 18.6 Å². The van der Waals surface area contributed by atoms with Gasteiger partial charge in [-0.2, -0.15) is 0 Å². The molecular weight excluding hydrogens is 457 g/mol. The van der Waals surface area contributed by atoms with Gasteiger partial charge in [-0.15, -0.1) is 0 Å². The second-order valence-corrected chi connectivity index (χ2v) is 9.11. The molecular formula is C20H22MgO8S2. The summed E-state index contributed by atoms with van der Waals surface area (Å²) in [4.78, 5) is -0.580. The summed E-state index contributed by atoms with van der Waals surface area (Å²) in [5.41, 5.74) is 1.62. The molecule has 0 amide bonds. The second-order valence-electron chi connectivity index (χ2n) is 6.35. The smallest absolute Gasteiger partial charge is 0.744 e. The molecule has 0 spiro atoms. The van der Waals surface area contributed by atoms with Gasteiger partial charge in [-0.25, -0.2) is 16.8 Å². The summed E-state index contributed by atoms with van der Waals surface area (Å²) in [6.45, 7) is 11.4. The van der Waals surface area contributed by atoms with Crippen LogP contribution in [0.5, 0.6) is 11.5 Å². The van der Waals surface area contributed by atoms with Crippen molar-refractivity contribution in [1.29, 1.82) is 0 Å². The molecule has 8 nitrogen and oxygen atoms in total. The Kier molecular flexibility index (Phi) is 12.1. The molecule has 11 heteroatoms. The van der Waals surface area contributed by atoms with E-state index in [2.05, 4.69) is 13.2 Å². The first-order valence-corrected chi connectivity index (χ1v) is 11.3. The standard InChI is InChI=1S/2C10H12O4S.Mg/c2*1-8(2)7-14-9-4-3-5-10(6-9)15(11,12)13;/h2*3-6H,1,7H2,2H3,(H,11,12,13);/q;;+2/p-2. The zero-order valence-electron chi connectivity index (χ0n) is 17.2. The summed E-state index contributed by atoms with van der Waals surface area (Å²) in [5, 5.41) is 0. The van der Waals surface area contributed by atoms with Gasteiger partial charge in [0.1, 0.15) is 44.9 Å². The molecule has 2 aromatic rings. The largest absolute Gasteiger partial charge is 2.00 e. The molecule has 0 N–H and O–H groups in total. The van der Waals surface area contributed by atoms with E-state index in [-0.39, 0.29) is 32.8 Å². The van der Waals surface area contributed by atoms with Crippen molar-refractivity contribution in [3.05, 3.63) is 72.8 Å². The Hall–Kier alpha value is -1.89. The van der Waals surface area contributed by atoms with E-state index in [1.165, 1.54) is 36.4 Å². The average molecular weight is 479 g/mol. The SMILES string of the molecule is C=C(C)COc1cccc(S(=O)(=O)[O-])c1.C=C(C)COc1cccc(S(=O)(=O)[O-])c1.[Mg+2]. The Morgan fingerprint density at radius 2 is 1.10 bits per heavy atom. The molecule has 0 atom stereocenters. The van der Waals surface area contributed by atoms with Crippen LogP contribution in [0.15, 0.2) is 82.6 Å².